The summed E-state index contributed by atoms with van der Waals surface area (Å²) < 4.78 is 5.01. The lowest BCUT2D eigenvalue weighted by Crippen LogP contribution is -2.06. The highest BCUT2D eigenvalue weighted by molar-refractivity contribution is 6.11. The van der Waals surface area contributed by atoms with E-state index in [1.165, 1.54) is 12.5 Å². The summed E-state index contributed by atoms with van der Waals surface area (Å²) in [4.78, 5) is 3.88. The Hall–Kier alpha value is -2.30. The number of hydrogen-bond donors (Lipinski definition) is 3. The first-order valence-electron chi connectivity index (χ1n) is 4.32. The Balaban J connectivity index is 2.46. The van der Waals surface area contributed by atoms with Gasteiger partial charge in [-0.1, -0.05) is 0 Å². The fourth-order valence-corrected chi connectivity index (χ4v) is 1.25. The highest BCUT2D eigenvalue weighted by atomic mass is 16.3. The molecule has 0 unspecified atom stereocenters. The van der Waals surface area contributed by atoms with Crippen molar-refractivity contribution in [2.24, 2.45) is 0 Å². The zero-order valence-electron chi connectivity index (χ0n) is 7.90. The first-order valence-corrected chi connectivity index (χ1v) is 4.32. The Morgan fingerprint density at radius 1 is 1.33 bits per heavy atom. The molecule has 1 aromatic heterocycles. The first kappa shape index (κ1) is 9.26. The number of aromatic nitrogens is 1. The number of nitrogens with two attached hydrogens (primary N) is 2. The molecule has 0 atom stereocenters. The maximum Gasteiger partial charge on any atom is 0.244 e. The van der Waals surface area contributed by atoms with Crippen LogP contribution in [0.5, 0.6) is 0 Å². The number of anilines is 2. The monoisotopic (exact) mass is 202 g/mol. The van der Waals surface area contributed by atoms with Gasteiger partial charge in [-0.15, -0.1) is 0 Å². The van der Waals surface area contributed by atoms with Gasteiger partial charge in [-0.2, -0.15) is 0 Å². The van der Waals surface area contributed by atoms with E-state index in [0.29, 0.717) is 16.9 Å². The lowest BCUT2D eigenvalue weighted by molar-refractivity contribution is 0.547. The minimum absolute atomic E-state index is 0.129. The van der Waals surface area contributed by atoms with Crippen molar-refractivity contribution in [2.45, 2.75) is 0 Å². The average Bonchev–Trinajstić information content (AvgIpc) is 2.74. The summed E-state index contributed by atoms with van der Waals surface area (Å²) in [5.74, 6) is 0.229. The van der Waals surface area contributed by atoms with Crippen LogP contribution in [0.4, 0.5) is 11.4 Å². The Labute approximate surface area is 86.2 Å². The van der Waals surface area contributed by atoms with Crippen LogP contribution in [0.25, 0.3) is 0 Å². The smallest absolute Gasteiger partial charge is 0.244 e. The van der Waals surface area contributed by atoms with Crippen LogP contribution in [-0.4, -0.2) is 10.7 Å². The molecule has 0 bridgehead atoms. The SMILES string of the molecule is N=C(c1ncco1)c1cc(N)ccc1N. The molecule has 0 aliphatic carbocycles. The Bertz CT molecular complexity index is 490. The fraction of sp³-hybridized carbons (Fsp3) is 0. The number of hydrogen-bond acceptors (Lipinski definition) is 5. The zero-order chi connectivity index (χ0) is 10.8. The second-order valence-corrected chi connectivity index (χ2v) is 3.06. The summed E-state index contributed by atoms with van der Waals surface area (Å²) in [7, 11) is 0. The maximum atomic E-state index is 7.83. The number of nitrogens with one attached hydrogen (secondary N) is 1. The second-order valence-electron chi connectivity index (χ2n) is 3.06. The zero-order valence-corrected chi connectivity index (χ0v) is 7.90. The quantitative estimate of drug-likeness (QED) is 0.503. The van der Waals surface area contributed by atoms with Gasteiger partial charge in [0.05, 0.1) is 6.20 Å². The maximum absolute atomic E-state index is 7.83. The van der Waals surface area contributed by atoms with Crippen LogP contribution < -0.4 is 11.5 Å². The summed E-state index contributed by atoms with van der Waals surface area (Å²) in [6.45, 7) is 0. The lowest BCUT2D eigenvalue weighted by Gasteiger charge is -2.05. The highest BCUT2D eigenvalue weighted by Gasteiger charge is 2.12. The van der Waals surface area contributed by atoms with Gasteiger partial charge in [0, 0.05) is 16.9 Å². The van der Waals surface area contributed by atoms with E-state index in [9.17, 15) is 0 Å². The fourth-order valence-electron chi connectivity index (χ4n) is 1.25. The molecule has 1 aromatic carbocycles. The molecule has 5 N–H and O–H groups in total. The van der Waals surface area contributed by atoms with Crippen LogP contribution in [0.2, 0.25) is 0 Å². The lowest BCUT2D eigenvalue weighted by atomic mass is 10.1. The molecule has 15 heavy (non-hydrogen) atoms. The van der Waals surface area contributed by atoms with E-state index < -0.39 is 0 Å². The van der Waals surface area contributed by atoms with Crippen molar-refractivity contribution in [3.05, 3.63) is 42.1 Å². The molecule has 2 rings (SSSR count). The number of nitrogen functional groups attached to an aromatic ring is 2. The van der Waals surface area contributed by atoms with E-state index in [0.717, 1.165) is 0 Å². The van der Waals surface area contributed by atoms with E-state index in [1.807, 2.05) is 0 Å². The normalized spacial score (nSPS) is 10.1. The molecule has 5 nitrogen and oxygen atoms in total. The molecule has 76 valence electrons. The Kier molecular flexibility index (Phi) is 2.13. The van der Waals surface area contributed by atoms with Crippen molar-refractivity contribution in [1.29, 1.82) is 5.41 Å². The molecule has 5 heteroatoms. The van der Waals surface area contributed by atoms with E-state index in [1.54, 1.807) is 18.2 Å². The van der Waals surface area contributed by atoms with Gasteiger partial charge in [0.15, 0.2) is 0 Å². The van der Waals surface area contributed by atoms with Gasteiger partial charge in [-0.3, -0.25) is 5.41 Å². The number of benzene rings is 1. The van der Waals surface area contributed by atoms with Crippen LogP contribution in [0.15, 0.2) is 35.1 Å². The largest absolute Gasteiger partial charge is 0.443 e. The molecule has 0 aliphatic rings. The van der Waals surface area contributed by atoms with Gasteiger partial charge in [-0.05, 0) is 18.2 Å². The molecule has 2 aromatic rings. The molecule has 0 saturated carbocycles. The molecule has 0 fully saturated rings. The van der Waals surface area contributed by atoms with Crippen LogP contribution in [0.3, 0.4) is 0 Å². The molecule has 1 heterocycles. The third-order valence-corrected chi connectivity index (χ3v) is 1.99. The number of oxazole rings is 1. The van der Waals surface area contributed by atoms with Crippen molar-refractivity contribution in [3.63, 3.8) is 0 Å². The van der Waals surface area contributed by atoms with Gasteiger partial charge >= 0.3 is 0 Å². The predicted molar refractivity (Wildman–Crippen MR) is 57.7 cm³/mol. The van der Waals surface area contributed by atoms with Gasteiger partial charge in [0.1, 0.15) is 12.0 Å². The Morgan fingerprint density at radius 3 is 2.80 bits per heavy atom. The minimum Gasteiger partial charge on any atom is -0.443 e. The molecule has 0 radical (unpaired) electrons. The van der Waals surface area contributed by atoms with Crippen LogP contribution >= 0.6 is 0 Å². The Morgan fingerprint density at radius 2 is 2.13 bits per heavy atom. The molecule has 0 spiro atoms. The van der Waals surface area contributed by atoms with Crippen molar-refractivity contribution in [2.75, 3.05) is 11.5 Å². The first-order chi connectivity index (χ1) is 7.18. The second kappa shape index (κ2) is 3.45. The molecule has 0 aliphatic heterocycles. The summed E-state index contributed by atoms with van der Waals surface area (Å²) in [6.07, 6.45) is 2.89. The number of rotatable bonds is 2. The highest BCUT2D eigenvalue weighted by Crippen LogP contribution is 2.18. The van der Waals surface area contributed by atoms with Crippen molar-refractivity contribution < 1.29 is 4.42 Å². The molecule has 0 saturated heterocycles. The average molecular weight is 202 g/mol. The molecular weight excluding hydrogens is 192 g/mol. The topological polar surface area (TPSA) is 102 Å². The van der Waals surface area contributed by atoms with E-state index >= 15 is 0 Å². The van der Waals surface area contributed by atoms with Crippen LogP contribution in [0.1, 0.15) is 11.5 Å². The van der Waals surface area contributed by atoms with E-state index in [2.05, 4.69) is 4.98 Å². The summed E-state index contributed by atoms with van der Waals surface area (Å²) in [6, 6.07) is 4.96. The number of nitrogens with zero attached hydrogens (tertiary/aromatic N) is 1. The summed E-state index contributed by atoms with van der Waals surface area (Å²) in [5, 5.41) is 7.83. The third-order valence-electron chi connectivity index (χ3n) is 1.99. The van der Waals surface area contributed by atoms with Crippen molar-refractivity contribution in [1.82, 2.24) is 4.98 Å². The van der Waals surface area contributed by atoms with Crippen LogP contribution in [-0.2, 0) is 0 Å². The van der Waals surface area contributed by atoms with Crippen molar-refractivity contribution in [3.8, 4) is 0 Å². The van der Waals surface area contributed by atoms with E-state index in [4.69, 9.17) is 21.3 Å². The third kappa shape index (κ3) is 1.67. The van der Waals surface area contributed by atoms with Gasteiger partial charge < -0.3 is 15.9 Å². The van der Waals surface area contributed by atoms with Gasteiger partial charge in [0.2, 0.25) is 5.89 Å². The molecular formula is C10H10N4O. The van der Waals surface area contributed by atoms with E-state index in [-0.39, 0.29) is 11.6 Å². The molecule has 0 amide bonds. The van der Waals surface area contributed by atoms with Crippen LogP contribution in [0, 0.1) is 5.41 Å². The van der Waals surface area contributed by atoms with Gasteiger partial charge in [-0.25, -0.2) is 4.98 Å². The summed E-state index contributed by atoms with van der Waals surface area (Å²) >= 11 is 0. The minimum atomic E-state index is 0.129. The standard InChI is InChI=1S/C10H10N4O/c11-6-1-2-8(12)7(5-6)9(13)10-14-3-4-15-10/h1-5,13H,11-12H2. The van der Waals surface area contributed by atoms with Gasteiger partial charge in [0.25, 0.3) is 0 Å². The predicted octanol–water partition coefficient (Wildman–Crippen LogP) is 1.26. The van der Waals surface area contributed by atoms with Crippen molar-refractivity contribution >= 4 is 17.1 Å². The summed E-state index contributed by atoms with van der Waals surface area (Å²) in [5.41, 5.74) is 13.0.